The summed E-state index contributed by atoms with van der Waals surface area (Å²) in [5, 5.41) is 12.3. The number of benzene rings is 1. The monoisotopic (exact) mass is 372 g/mol. The zero-order chi connectivity index (χ0) is 18.4. The maximum absolute atomic E-state index is 12.1. The van der Waals surface area contributed by atoms with Gasteiger partial charge in [-0.05, 0) is 31.4 Å². The van der Waals surface area contributed by atoms with Gasteiger partial charge in [-0.1, -0.05) is 61.6 Å². The van der Waals surface area contributed by atoms with Crippen LogP contribution in [0.1, 0.15) is 49.9 Å². The quantitative estimate of drug-likeness (QED) is 0.733. The van der Waals surface area contributed by atoms with Crippen LogP contribution in [0.3, 0.4) is 0 Å². The van der Waals surface area contributed by atoms with Gasteiger partial charge in [-0.3, -0.25) is 4.79 Å². The first-order valence-electron chi connectivity index (χ1n) is 9.49. The van der Waals surface area contributed by atoms with Crippen molar-refractivity contribution in [1.82, 2.24) is 14.8 Å². The van der Waals surface area contributed by atoms with Gasteiger partial charge in [0.1, 0.15) is 5.82 Å². The van der Waals surface area contributed by atoms with Crippen molar-refractivity contribution in [2.24, 2.45) is 13.0 Å². The fraction of sp³-hybridized carbons (Fsp3) is 0.550. The Kier molecular flexibility index (Phi) is 6.72. The highest BCUT2D eigenvalue weighted by Gasteiger charge is 2.16. The Morgan fingerprint density at radius 2 is 1.92 bits per heavy atom. The van der Waals surface area contributed by atoms with Crippen molar-refractivity contribution in [3.63, 3.8) is 0 Å². The van der Waals surface area contributed by atoms with Gasteiger partial charge in [-0.2, -0.15) is 0 Å². The first kappa shape index (κ1) is 19.0. The van der Waals surface area contributed by atoms with Crippen LogP contribution in [0.5, 0.6) is 0 Å². The zero-order valence-corrected chi connectivity index (χ0v) is 16.5. The maximum atomic E-state index is 12.1. The third-order valence-electron chi connectivity index (χ3n) is 5.09. The number of carbonyl (C=O) groups excluding carboxylic acids is 1. The standard InChI is InChI=1S/C20H28N4OS/c1-15-8-11-17(12-9-15)21-19(25)14-26-20-23-22-18(24(20)2)13-10-16-6-4-3-5-7-16/h8-9,11-12,16H,3-7,10,13-14H2,1-2H3,(H,21,25). The topological polar surface area (TPSA) is 59.8 Å². The molecule has 0 spiro atoms. The van der Waals surface area contributed by atoms with E-state index < -0.39 is 0 Å². The Morgan fingerprint density at radius 3 is 2.65 bits per heavy atom. The Hall–Kier alpha value is -1.82. The first-order valence-corrected chi connectivity index (χ1v) is 10.5. The minimum atomic E-state index is -0.0226. The molecule has 0 bridgehead atoms. The second kappa shape index (κ2) is 9.21. The number of hydrogen-bond acceptors (Lipinski definition) is 4. The number of aromatic nitrogens is 3. The molecule has 1 aliphatic carbocycles. The number of amides is 1. The Morgan fingerprint density at radius 1 is 1.19 bits per heavy atom. The number of nitrogens with zero attached hydrogens (tertiary/aromatic N) is 3. The van der Waals surface area contributed by atoms with Crippen molar-refractivity contribution in [3.05, 3.63) is 35.7 Å². The van der Waals surface area contributed by atoms with Crippen molar-refractivity contribution in [2.75, 3.05) is 11.1 Å². The van der Waals surface area contributed by atoms with E-state index in [0.717, 1.165) is 29.0 Å². The summed E-state index contributed by atoms with van der Waals surface area (Å²) in [6.45, 7) is 2.03. The summed E-state index contributed by atoms with van der Waals surface area (Å²) >= 11 is 1.44. The summed E-state index contributed by atoms with van der Waals surface area (Å²) in [6, 6.07) is 7.82. The minimum absolute atomic E-state index is 0.0226. The van der Waals surface area contributed by atoms with Crippen LogP contribution in [0.2, 0.25) is 0 Å². The average molecular weight is 373 g/mol. The van der Waals surface area contributed by atoms with Gasteiger partial charge in [0, 0.05) is 19.2 Å². The molecule has 140 valence electrons. The molecule has 1 aromatic carbocycles. The minimum Gasteiger partial charge on any atom is -0.325 e. The molecule has 0 saturated heterocycles. The van der Waals surface area contributed by atoms with E-state index in [4.69, 9.17) is 0 Å². The van der Waals surface area contributed by atoms with Gasteiger partial charge < -0.3 is 9.88 Å². The van der Waals surface area contributed by atoms with E-state index >= 15 is 0 Å². The van der Waals surface area contributed by atoms with Crippen molar-refractivity contribution < 1.29 is 4.79 Å². The Balaban J connectivity index is 1.46. The van der Waals surface area contributed by atoms with Crippen molar-refractivity contribution in [2.45, 2.75) is 57.0 Å². The normalized spacial score (nSPS) is 15.2. The summed E-state index contributed by atoms with van der Waals surface area (Å²) < 4.78 is 2.03. The Bertz CT molecular complexity index is 720. The summed E-state index contributed by atoms with van der Waals surface area (Å²) in [5.74, 6) is 2.18. The largest absolute Gasteiger partial charge is 0.325 e. The molecule has 26 heavy (non-hydrogen) atoms. The number of rotatable bonds is 7. The molecule has 1 N–H and O–H groups in total. The SMILES string of the molecule is Cc1ccc(NC(=O)CSc2nnc(CCC3CCCCC3)n2C)cc1. The van der Waals surface area contributed by atoms with Crippen LogP contribution in [0.25, 0.3) is 0 Å². The number of anilines is 1. The summed E-state index contributed by atoms with van der Waals surface area (Å²) in [5.41, 5.74) is 2.00. The smallest absolute Gasteiger partial charge is 0.234 e. The molecule has 0 atom stereocenters. The van der Waals surface area contributed by atoms with Crippen molar-refractivity contribution in [1.29, 1.82) is 0 Å². The molecule has 0 unspecified atom stereocenters. The summed E-state index contributed by atoms with van der Waals surface area (Å²) in [4.78, 5) is 12.1. The molecule has 0 aliphatic heterocycles. The van der Waals surface area contributed by atoms with E-state index in [1.54, 1.807) is 0 Å². The predicted octanol–water partition coefficient (Wildman–Crippen LogP) is 4.37. The third-order valence-corrected chi connectivity index (χ3v) is 6.11. The molecule has 2 aromatic rings. The predicted molar refractivity (Wildman–Crippen MR) is 106 cm³/mol. The maximum Gasteiger partial charge on any atom is 0.234 e. The summed E-state index contributed by atoms with van der Waals surface area (Å²) in [7, 11) is 2.00. The first-order chi connectivity index (χ1) is 12.6. The molecule has 3 rings (SSSR count). The fourth-order valence-corrected chi connectivity index (χ4v) is 4.19. The van der Waals surface area contributed by atoms with Crippen LogP contribution in [-0.4, -0.2) is 26.4 Å². The van der Waals surface area contributed by atoms with E-state index in [1.165, 1.54) is 55.9 Å². The van der Waals surface area contributed by atoms with Gasteiger partial charge in [-0.25, -0.2) is 0 Å². The molecule has 1 saturated carbocycles. The van der Waals surface area contributed by atoms with Gasteiger partial charge >= 0.3 is 0 Å². The molecule has 1 aliphatic rings. The average Bonchev–Trinajstić information content (AvgIpc) is 3.01. The van der Waals surface area contributed by atoms with Gasteiger partial charge in [0.25, 0.3) is 0 Å². The van der Waals surface area contributed by atoms with Gasteiger partial charge in [0.2, 0.25) is 5.91 Å². The van der Waals surface area contributed by atoms with Crippen LogP contribution in [-0.2, 0) is 18.3 Å². The number of hydrogen-bond donors (Lipinski definition) is 1. The number of aryl methyl sites for hydroxylation is 2. The van der Waals surface area contributed by atoms with E-state index in [1.807, 2.05) is 42.8 Å². The van der Waals surface area contributed by atoms with E-state index in [-0.39, 0.29) is 5.91 Å². The fourth-order valence-electron chi connectivity index (χ4n) is 3.46. The number of nitrogens with one attached hydrogen (secondary N) is 1. The highest BCUT2D eigenvalue weighted by Crippen LogP contribution is 2.27. The molecular weight excluding hydrogens is 344 g/mol. The molecule has 6 heteroatoms. The van der Waals surface area contributed by atoms with Crippen molar-refractivity contribution in [3.8, 4) is 0 Å². The molecule has 0 radical (unpaired) electrons. The molecular formula is C20H28N4OS. The third kappa shape index (κ3) is 5.34. The van der Waals surface area contributed by atoms with Crippen LogP contribution < -0.4 is 5.32 Å². The molecule has 1 aromatic heterocycles. The number of carbonyl (C=O) groups is 1. The lowest BCUT2D eigenvalue weighted by molar-refractivity contribution is -0.113. The zero-order valence-electron chi connectivity index (χ0n) is 15.7. The van der Waals surface area contributed by atoms with Crippen LogP contribution in [0.15, 0.2) is 29.4 Å². The van der Waals surface area contributed by atoms with E-state index in [0.29, 0.717) is 5.75 Å². The van der Waals surface area contributed by atoms with E-state index in [2.05, 4.69) is 15.5 Å². The van der Waals surface area contributed by atoms with E-state index in [9.17, 15) is 4.79 Å². The Labute approximate surface area is 160 Å². The highest BCUT2D eigenvalue weighted by molar-refractivity contribution is 7.99. The molecule has 1 amide bonds. The highest BCUT2D eigenvalue weighted by atomic mass is 32.2. The van der Waals surface area contributed by atoms with Gasteiger partial charge in [-0.15, -0.1) is 10.2 Å². The molecule has 1 fully saturated rings. The van der Waals surface area contributed by atoms with Gasteiger partial charge in [0.05, 0.1) is 5.75 Å². The van der Waals surface area contributed by atoms with Crippen LogP contribution in [0.4, 0.5) is 5.69 Å². The lowest BCUT2D eigenvalue weighted by Gasteiger charge is -2.20. The van der Waals surface area contributed by atoms with Gasteiger partial charge in [0.15, 0.2) is 5.16 Å². The lowest BCUT2D eigenvalue weighted by atomic mass is 9.86. The number of thioether (sulfide) groups is 1. The molecule has 1 heterocycles. The second-order valence-electron chi connectivity index (χ2n) is 7.20. The van der Waals surface area contributed by atoms with Crippen molar-refractivity contribution >= 4 is 23.4 Å². The lowest BCUT2D eigenvalue weighted by Crippen LogP contribution is -2.14. The summed E-state index contributed by atoms with van der Waals surface area (Å²) in [6.07, 6.45) is 9.04. The van der Waals surface area contributed by atoms with Crippen LogP contribution in [0, 0.1) is 12.8 Å². The molecule has 5 nitrogen and oxygen atoms in total. The second-order valence-corrected chi connectivity index (χ2v) is 8.15. The van der Waals surface area contributed by atoms with Crippen LogP contribution >= 0.6 is 11.8 Å².